The largest absolute Gasteiger partial charge is 0.310 e. The maximum atomic E-state index is 2.45. The van der Waals surface area contributed by atoms with Gasteiger partial charge in [0.1, 0.15) is 0 Å². The first-order chi connectivity index (χ1) is 29.0. The standard InChI is InChI=1S/C57H40N2/c1-57(2)53-23-13-11-21-46(53)47-32-30-42(34-54(47)57)58(40-27-25-38(26-28-40)37-15-5-3-6-16-37)41-29-31-45-49(33-41)43-19-9-10-20-44(43)51-36-56-52(35-50(45)51)48-22-12-14-24-55(48)59(56)39-17-7-4-8-18-39/h3-36H,1-2H3. The fourth-order valence-electron chi connectivity index (χ4n) is 10.1. The lowest BCUT2D eigenvalue weighted by atomic mass is 9.82. The highest BCUT2D eigenvalue weighted by molar-refractivity contribution is 6.29. The molecule has 0 saturated heterocycles. The van der Waals surface area contributed by atoms with E-state index in [9.17, 15) is 0 Å². The van der Waals surface area contributed by atoms with E-state index in [2.05, 4.69) is 230 Å². The van der Waals surface area contributed by atoms with Crippen molar-refractivity contribution >= 4 is 71.2 Å². The summed E-state index contributed by atoms with van der Waals surface area (Å²) in [6.45, 7) is 4.73. The molecule has 1 aromatic heterocycles. The second-order valence-corrected chi connectivity index (χ2v) is 16.5. The first kappa shape index (κ1) is 33.7. The average molecular weight is 753 g/mol. The number of hydrogen-bond donors (Lipinski definition) is 0. The minimum absolute atomic E-state index is 0.113. The Balaban J connectivity index is 1.10. The lowest BCUT2D eigenvalue weighted by Crippen LogP contribution is -2.16. The summed E-state index contributed by atoms with van der Waals surface area (Å²) in [5.74, 6) is 0. The van der Waals surface area contributed by atoms with Crippen molar-refractivity contribution in [1.29, 1.82) is 0 Å². The Kier molecular flexibility index (Phi) is 7.31. The van der Waals surface area contributed by atoms with Crippen molar-refractivity contribution in [3.8, 4) is 27.9 Å². The number of anilines is 3. The van der Waals surface area contributed by atoms with E-state index in [0.717, 1.165) is 17.1 Å². The van der Waals surface area contributed by atoms with Crippen LogP contribution in [0.2, 0.25) is 0 Å². The van der Waals surface area contributed by atoms with Gasteiger partial charge in [0, 0.05) is 38.9 Å². The summed E-state index contributed by atoms with van der Waals surface area (Å²) in [5.41, 5.74) is 14.7. The molecule has 0 N–H and O–H groups in total. The van der Waals surface area contributed by atoms with Gasteiger partial charge in [0.05, 0.1) is 11.0 Å². The van der Waals surface area contributed by atoms with Gasteiger partial charge in [0.25, 0.3) is 0 Å². The van der Waals surface area contributed by atoms with Gasteiger partial charge in [-0.3, -0.25) is 0 Å². The Morgan fingerprint density at radius 3 is 1.66 bits per heavy atom. The molecule has 0 aliphatic heterocycles. The fourth-order valence-corrected chi connectivity index (χ4v) is 10.1. The van der Waals surface area contributed by atoms with Crippen LogP contribution in [0, 0.1) is 0 Å². The number of nitrogens with zero attached hydrogens (tertiary/aromatic N) is 2. The molecule has 0 amide bonds. The molecule has 12 rings (SSSR count). The van der Waals surface area contributed by atoms with Crippen molar-refractivity contribution in [3.05, 3.63) is 217 Å². The summed E-state index contributed by atoms with van der Waals surface area (Å²) in [6.07, 6.45) is 0. The molecule has 1 aliphatic rings. The van der Waals surface area contributed by atoms with Crippen LogP contribution in [0.4, 0.5) is 17.1 Å². The van der Waals surface area contributed by atoms with E-state index >= 15 is 0 Å². The van der Waals surface area contributed by atoms with Crippen molar-refractivity contribution in [2.45, 2.75) is 19.3 Å². The molecule has 0 fully saturated rings. The van der Waals surface area contributed by atoms with Gasteiger partial charge in [0.2, 0.25) is 0 Å². The van der Waals surface area contributed by atoms with Crippen molar-refractivity contribution < 1.29 is 0 Å². The minimum atomic E-state index is -0.113. The third-order valence-corrected chi connectivity index (χ3v) is 12.9. The van der Waals surface area contributed by atoms with Crippen LogP contribution in [0.15, 0.2) is 206 Å². The second-order valence-electron chi connectivity index (χ2n) is 16.5. The lowest BCUT2D eigenvalue weighted by Gasteiger charge is -2.28. The highest BCUT2D eigenvalue weighted by Crippen LogP contribution is 2.51. The Bertz CT molecular complexity index is 3450. The van der Waals surface area contributed by atoms with Crippen molar-refractivity contribution in [2.75, 3.05) is 4.90 Å². The highest BCUT2D eigenvalue weighted by atomic mass is 15.1. The highest BCUT2D eigenvalue weighted by Gasteiger charge is 2.35. The van der Waals surface area contributed by atoms with E-state index in [1.54, 1.807) is 0 Å². The molecule has 1 aliphatic carbocycles. The zero-order chi connectivity index (χ0) is 39.2. The van der Waals surface area contributed by atoms with E-state index in [1.807, 2.05) is 0 Å². The summed E-state index contributed by atoms with van der Waals surface area (Å²) < 4.78 is 2.42. The van der Waals surface area contributed by atoms with E-state index in [-0.39, 0.29) is 5.41 Å². The Labute approximate surface area is 343 Å². The van der Waals surface area contributed by atoms with Gasteiger partial charge in [-0.1, -0.05) is 153 Å². The van der Waals surface area contributed by atoms with Gasteiger partial charge in [-0.05, 0) is 132 Å². The molecule has 0 bridgehead atoms. The Hall–Kier alpha value is -7.42. The molecule has 0 radical (unpaired) electrons. The van der Waals surface area contributed by atoms with Crippen LogP contribution >= 0.6 is 0 Å². The first-order valence-corrected chi connectivity index (χ1v) is 20.6. The predicted octanol–water partition coefficient (Wildman–Crippen LogP) is 15.7. The zero-order valence-corrected chi connectivity index (χ0v) is 33.0. The normalized spacial score (nSPS) is 13.1. The molecule has 11 aromatic rings. The van der Waals surface area contributed by atoms with Crippen LogP contribution in [0.3, 0.4) is 0 Å². The maximum Gasteiger partial charge on any atom is 0.0547 e. The number of hydrogen-bond acceptors (Lipinski definition) is 1. The molecule has 0 atom stereocenters. The van der Waals surface area contributed by atoms with Gasteiger partial charge in [0.15, 0.2) is 0 Å². The zero-order valence-electron chi connectivity index (χ0n) is 33.0. The summed E-state index contributed by atoms with van der Waals surface area (Å²) >= 11 is 0. The number of benzene rings is 10. The molecule has 0 unspecified atom stereocenters. The lowest BCUT2D eigenvalue weighted by molar-refractivity contribution is 0.660. The van der Waals surface area contributed by atoms with Crippen LogP contribution in [0.1, 0.15) is 25.0 Å². The van der Waals surface area contributed by atoms with E-state index in [4.69, 9.17) is 0 Å². The van der Waals surface area contributed by atoms with Crippen LogP contribution in [0.25, 0.3) is 82.1 Å². The van der Waals surface area contributed by atoms with Crippen molar-refractivity contribution in [3.63, 3.8) is 0 Å². The van der Waals surface area contributed by atoms with Crippen LogP contribution < -0.4 is 4.90 Å². The molecule has 0 saturated carbocycles. The molecule has 0 spiro atoms. The van der Waals surface area contributed by atoms with Crippen LogP contribution in [-0.2, 0) is 5.41 Å². The Morgan fingerprint density at radius 2 is 0.881 bits per heavy atom. The molecule has 2 nitrogen and oxygen atoms in total. The van der Waals surface area contributed by atoms with Crippen LogP contribution in [-0.4, -0.2) is 4.57 Å². The quantitative estimate of drug-likeness (QED) is 0.159. The second kappa shape index (κ2) is 12.8. The van der Waals surface area contributed by atoms with E-state index in [0.29, 0.717) is 0 Å². The van der Waals surface area contributed by atoms with Crippen LogP contribution in [0.5, 0.6) is 0 Å². The first-order valence-electron chi connectivity index (χ1n) is 20.6. The van der Waals surface area contributed by atoms with E-state index in [1.165, 1.54) is 93.2 Å². The van der Waals surface area contributed by atoms with Gasteiger partial charge >= 0.3 is 0 Å². The molecule has 10 aromatic carbocycles. The molecule has 2 heteroatoms. The molecule has 278 valence electrons. The average Bonchev–Trinajstić information content (AvgIpc) is 3.74. The molecule has 1 heterocycles. The molecule has 59 heavy (non-hydrogen) atoms. The number of fused-ring (bicyclic) bond motifs is 12. The fraction of sp³-hybridized carbons (Fsp3) is 0.0526. The van der Waals surface area contributed by atoms with Crippen molar-refractivity contribution in [1.82, 2.24) is 4.57 Å². The summed E-state index contributed by atoms with van der Waals surface area (Å²) in [4.78, 5) is 2.45. The van der Waals surface area contributed by atoms with E-state index < -0.39 is 0 Å². The third-order valence-electron chi connectivity index (χ3n) is 12.9. The van der Waals surface area contributed by atoms with Gasteiger partial charge in [-0.25, -0.2) is 0 Å². The smallest absolute Gasteiger partial charge is 0.0547 e. The van der Waals surface area contributed by atoms with Gasteiger partial charge in [-0.2, -0.15) is 0 Å². The summed E-state index contributed by atoms with van der Waals surface area (Å²) in [6, 6.07) is 76.2. The summed E-state index contributed by atoms with van der Waals surface area (Å²) in [7, 11) is 0. The molecular formula is C57H40N2. The predicted molar refractivity (Wildman–Crippen MR) is 251 cm³/mol. The number of aromatic nitrogens is 1. The summed E-state index contributed by atoms with van der Waals surface area (Å²) in [5, 5.41) is 10.1. The maximum absolute atomic E-state index is 2.45. The van der Waals surface area contributed by atoms with Gasteiger partial charge in [-0.15, -0.1) is 0 Å². The topological polar surface area (TPSA) is 8.17 Å². The monoisotopic (exact) mass is 752 g/mol. The minimum Gasteiger partial charge on any atom is -0.310 e. The molecular weight excluding hydrogens is 713 g/mol. The SMILES string of the molecule is CC1(C)c2ccccc2-c2ccc(N(c3ccc(-c4ccccc4)cc3)c3ccc4c(c3)c3ccccc3c3cc5c(cc43)c3ccccc3n5-c3ccccc3)cc21. The third kappa shape index (κ3) is 5.06. The number of para-hydroxylation sites is 2. The number of rotatable bonds is 5. The Morgan fingerprint density at radius 1 is 0.339 bits per heavy atom. The van der Waals surface area contributed by atoms with Gasteiger partial charge < -0.3 is 9.47 Å². The van der Waals surface area contributed by atoms with Crippen molar-refractivity contribution in [2.24, 2.45) is 0 Å².